The van der Waals surface area contributed by atoms with Crippen molar-refractivity contribution in [2.24, 2.45) is 5.92 Å². The third-order valence-corrected chi connectivity index (χ3v) is 5.83. The number of carbonyl (C=O) groups is 1. The largest absolute Gasteiger partial charge is 0.361 e. The van der Waals surface area contributed by atoms with Crippen molar-refractivity contribution in [3.8, 4) is 11.3 Å². The van der Waals surface area contributed by atoms with E-state index in [1.807, 2.05) is 23.2 Å². The Labute approximate surface area is 180 Å². The van der Waals surface area contributed by atoms with Crippen LogP contribution in [0.15, 0.2) is 67.3 Å². The zero-order chi connectivity index (χ0) is 21.2. The number of aromatic nitrogens is 3. The molecule has 0 radical (unpaired) electrons. The van der Waals surface area contributed by atoms with E-state index in [2.05, 4.69) is 27.1 Å². The molecule has 1 amide bonds. The molecule has 1 fully saturated rings. The average molecular weight is 414 g/mol. The first kappa shape index (κ1) is 19.4. The fourth-order valence-electron chi connectivity index (χ4n) is 4.00. The highest BCUT2D eigenvalue weighted by atomic mass is 19.1. The van der Waals surface area contributed by atoms with Gasteiger partial charge in [-0.15, -0.1) is 0 Å². The van der Waals surface area contributed by atoms with Crippen molar-refractivity contribution >= 4 is 16.8 Å². The van der Waals surface area contributed by atoms with Gasteiger partial charge in [0.2, 0.25) is 0 Å². The number of fused-ring (bicyclic) bond motifs is 1. The van der Waals surface area contributed by atoms with Crippen molar-refractivity contribution in [2.75, 3.05) is 13.1 Å². The van der Waals surface area contributed by atoms with E-state index in [1.165, 1.54) is 29.4 Å². The Hall–Kier alpha value is -3.54. The molecule has 2 aromatic carbocycles. The normalized spacial score (nSPS) is 13.5. The molecule has 1 aliphatic rings. The Kier molecular flexibility index (Phi) is 5.20. The molecule has 1 saturated carbocycles. The zero-order valence-electron chi connectivity index (χ0n) is 17.1. The second-order valence-corrected chi connectivity index (χ2v) is 8.10. The maximum Gasteiger partial charge on any atom is 0.257 e. The van der Waals surface area contributed by atoms with Crippen molar-refractivity contribution in [1.29, 1.82) is 0 Å². The second-order valence-electron chi connectivity index (χ2n) is 8.10. The van der Waals surface area contributed by atoms with Crippen LogP contribution < -0.4 is 0 Å². The highest BCUT2D eigenvalue weighted by molar-refractivity contribution is 5.99. The van der Waals surface area contributed by atoms with Crippen LogP contribution in [0.1, 0.15) is 28.8 Å². The van der Waals surface area contributed by atoms with E-state index in [-0.39, 0.29) is 11.7 Å². The predicted molar refractivity (Wildman–Crippen MR) is 118 cm³/mol. The minimum Gasteiger partial charge on any atom is -0.361 e. The molecule has 5 rings (SSSR count). The number of amides is 1. The van der Waals surface area contributed by atoms with Crippen LogP contribution in [0.5, 0.6) is 0 Å². The van der Waals surface area contributed by atoms with Crippen LogP contribution >= 0.6 is 0 Å². The van der Waals surface area contributed by atoms with Gasteiger partial charge in [-0.1, -0.05) is 30.3 Å². The van der Waals surface area contributed by atoms with Gasteiger partial charge in [0.1, 0.15) is 12.1 Å². The number of hydrogen-bond donors (Lipinski definition) is 1. The molecule has 5 nitrogen and oxygen atoms in total. The first-order chi connectivity index (χ1) is 15.2. The second kappa shape index (κ2) is 8.30. The number of hydrogen-bond acceptors (Lipinski definition) is 3. The SMILES string of the molecule is O=C(c1cncnc1-c1cccc(F)c1)N(CCc1c[nH]c2ccccc12)CC1CC1. The number of aromatic amines is 1. The summed E-state index contributed by atoms with van der Waals surface area (Å²) in [6.45, 7) is 1.33. The lowest BCUT2D eigenvalue weighted by atomic mass is 10.1. The quantitative estimate of drug-likeness (QED) is 0.470. The van der Waals surface area contributed by atoms with Crippen LogP contribution in [-0.2, 0) is 6.42 Å². The summed E-state index contributed by atoms with van der Waals surface area (Å²) in [6.07, 6.45) is 8.02. The monoisotopic (exact) mass is 414 g/mol. The standard InChI is InChI=1S/C25H23FN4O/c26-20-5-3-4-18(12-20)24-22(14-27-16-29-24)25(31)30(15-17-8-9-17)11-10-19-13-28-23-7-2-1-6-21(19)23/h1-7,12-14,16-17,28H,8-11,15H2. The lowest BCUT2D eigenvalue weighted by Gasteiger charge is -2.23. The third kappa shape index (κ3) is 4.19. The molecule has 31 heavy (non-hydrogen) atoms. The van der Waals surface area contributed by atoms with Crippen molar-refractivity contribution in [2.45, 2.75) is 19.3 Å². The number of rotatable bonds is 7. The number of nitrogens with one attached hydrogen (secondary N) is 1. The Morgan fingerprint density at radius 2 is 2.03 bits per heavy atom. The van der Waals surface area contributed by atoms with E-state index in [1.54, 1.807) is 18.3 Å². The van der Waals surface area contributed by atoms with Crippen molar-refractivity contribution in [3.63, 3.8) is 0 Å². The summed E-state index contributed by atoms with van der Waals surface area (Å²) in [5, 5.41) is 1.19. The van der Waals surface area contributed by atoms with Crippen LogP contribution in [-0.4, -0.2) is 38.8 Å². The van der Waals surface area contributed by atoms with E-state index in [0.29, 0.717) is 29.3 Å². The van der Waals surface area contributed by atoms with Gasteiger partial charge in [0.15, 0.2) is 0 Å². The molecular formula is C25H23FN4O. The van der Waals surface area contributed by atoms with Gasteiger partial charge in [-0.3, -0.25) is 4.79 Å². The summed E-state index contributed by atoms with van der Waals surface area (Å²) in [5.74, 6) is 0.0875. The molecule has 2 heterocycles. The fourth-order valence-corrected chi connectivity index (χ4v) is 4.00. The maximum atomic E-state index is 13.8. The number of carbonyl (C=O) groups excluding carboxylic acids is 1. The molecule has 0 unspecified atom stereocenters. The topological polar surface area (TPSA) is 61.9 Å². The molecule has 6 heteroatoms. The van der Waals surface area contributed by atoms with Crippen LogP contribution in [0.25, 0.3) is 22.2 Å². The molecular weight excluding hydrogens is 391 g/mol. The molecule has 156 valence electrons. The fraction of sp³-hybridized carbons (Fsp3) is 0.240. The molecule has 2 aromatic heterocycles. The highest BCUT2D eigenvalue weighted by Gasteiger charge is 2.29. The summed E-state index contributed by atoms with van der Waals surface area (Å²) in [6, 6.07) is 14.4. The lowest BCUT2D eigenvalue weighted by Crippen LogP contribution is -2.35. The minimum absolute atomic E-state index is 0.105. The molecule has 0 atom stereocenters. The van der Waals surface area contributed by atoms with Gasteiger partial charge in [-0.2, -0.15) is 0 Å². The molecule has 0 aliphatic heterocycles. The summed E-state index contributed by atoms with van der Waals surface area (Å²) >= 11 is 0. The van der Waals surface area contributed by atoms with E-state index >= 15 is 0 Å². The van der Waals surface area contributed by atoms with Crippen molar-refractivity contribution in [3.05, 3.63) is 84.2 Å². The van der Waals surface area contributed by atoms with Crippen molar-refractivity contribution in [1.82, 2.24) is 19.9 Å². The van der Waals surface area contributed by atoms with Crippen LogP contribution in [0, 0.1) is 11.7 Å². The van der Waals surface area contributed by atoms with Gasteiger partial charge in [-0.05, 0) is 48.9 Å². The number of H-pyrrole nitrogens is 1. The number of halogens is 1. The van der Waals surface area contributed by atoms with E-state index < -0.39 is 0 Å². The maximum absolute atomic E-state index is 13.8. The van der Waals surface area contributed by atoms with Gasteiger partial charge in [0, 0.05) is 41.9 Å². The van der Waals surface area contributed by atoms with Gasteiger partial charge in [0.05, 0.1) is 11.3 Å². The van der Waals surface area contributed by atoms with E-state index in [0.717, 1.165) is 31.3 Å². The summed E-state index contributed by atoms with van der Waals surface area (Å²) in [5.41, 5.74) is 3.75. The molecule has 1 aliphatic carbocycles. The molecule has 0 saturated heterocycles. The summed E-state index contributed by atoms with van der Waals surface area (Å²) < 4.78 is 13.8. The zero-order valence-corrected chi connectivity index (χ0v) is 17.1. The van der Waals surface area contributed by atoms with Crippen LogP contribution in [0.2, 0.25) is 0 Å². The summed E-state index contributed by atoms with van der Waals surface area (Å²) in [7, 11) is 0. The average Bonchev–Trinajstić information content (AvgIpc) is 3.53. The lowest BCUT2D eigenvalue weighted by molar-refractivity contribution is 0.0749. The predicted octanol–water partition coefficient (Wildman–Crippen LogP) is 4.86. The van der Waals surface area contributed by atoms with Gasteiger partial charge in [0.25, 0.3) is 5.91 Å². The number of para-hydroxylation sites is 1. The van der Waals surface area contributed by atoms with Gasteiger partial charge < -0.3 is 9.88 Å². The van der Waals surface area contributed by atoms with Crippen LogP contribution in [0.4, 0.5) is 4.39 Å². The third-order valence-electron chi connectivity index (χ3n) is 5.83. The number of benzene rings is 2. The Bertz CT molecular complexity index is 1230. The first-order valence-corrected chi connectivity index (χ1v) is 10.6. The number of nitrogens with zero attached hydrogens (tertiary/aromatic N) is 3. The minimum atomic E-state index is -0.358. The van der Waals surface area contributed by atoms with Gasteiger partial charge in [-0.25, -0.2) is 14.4 Å². The smallest absolute Gasteiger partial charge is 0.257 e. The molecule has 1 N–H and O–H groups in total. The summed E-state index contributed by atoms with van der Waals surface area (Å²) in [4.78, 5) is 27.2. The van der Waals surface area contributed by atoms with Crippen molar-refractivity contribution < 1.29 is 9.18 Å². The molecule has 0 spiro atoms. The van der Waals surface area contributed by atoms with E-state index in [4.69, 9.17) is 0 Å². The Balaban J connectivity index is 1.42. The molecule has 0 bridgehead atoms. The highest BCUT2D eigenvalue weighted by Crippen LogP contribution is 2.31. The Morgan fingerprint density at radius 1 is 1.16 bits per heavy atom. The molecule has 4 aromatic rings. The van der Waals surface area contributed by atoms with Crippen LogP contribution in [0.3, 0.4) is 0 Å². The van der Waals surface area contributed by atoms with Gasteiger partial charge >= 0.3 is 0 Å². The Morgan fingerprint density at radius 3 is 2.87 bits per heavy atom. The van der Waals surface area contributed by atoms with E-state index in [9.17, 15) is 9.18 Å². The first-order valence-electron chi connectivity index (χ1n) is 10.6.